The fraction of sp³-hybridized carbons (Fsp3) is 0.150. The Balaban J connectivity index is 2.06. The third-order valence-corrected chi connectivity index (χ3v) is 4.45. The maximum atomic E-state index is 11.6. The van der Waals surface area contributed by atoms with E-state index in [9.17, 15) is 9.90 Å². The van der Waals surface area contributed by atoms with Crippen LogP contribution in [0.3, 0.4) is 0 Å². The van der Waals surface area contributed by atoms with E-state index in [1.807, 2.05) is 24.3 Å². The molecule has 5 N–H and O–H groups in total. The highest BCUT2D eigenvalue weighted by molar-refractivity contribution is 6.00. The second kappa shape index (κ2) is 6.57. The lowest BCUT2D eigenvalue weighted by Gasteiger charge is -2.19. The van der Waals surface area contributed by atoms with Crippen molar-refractivity contribution in [1.29, 1.82) is 0 Å². The number of carboxylic acid groups (broad SMARTS) is 1. The van der Waals surface area contributed by atoms with Gasteiger partial charge in [0.15, 0.2) is 0 Å². The van der Waals surface area contributed by atoms with Crippen LogP contribution in [0.1, 0.15) is 21.7 Å². The van der Waals surface area contributed by atoms with Gasteiger partial charge in [0.25, 0.3) is 0 Å². The number of aromatic nitrogens is 1. The van der Waals surface area contributed by atoms with Gasteiger partial charge >= 0.3 is 5.97 Å². The van der Waals surface area contributed by atoms with Crippen molar-refractivity contribution in [3.05, 3.63) is 65.5 Å². The van der Waals surface area contributed by atoms with E-state index in [1.54, 1.807) is 19.2 Å². The molecule has 0 atom stereocenters. The minimum Gasteiger partial charge on any atom is -0.478 e. The van der Waals surface area contributed by atoms with Crippen LogP contribution in [-0.2, 0) is 0 Å². The Kier molecular flexibility index (Phi) is 4.44. The number of aryl methyl sites for hydroxylation is 2. The number of carbonyl (C=O) groups is 1. The van der Waals surface area contributed by atoms with Crippen LogP contribution in [0.2, 0.25) is 0 Å². The first-order valence-corrected chi connectivity index (χ1v) is 8.20. The minimum atomic E-state index is -1.07. The van der Waals surface area contributed by atoms with Crippen molar-refractivity contribution in [3.8, 4) is 16.8 Å². The van der Waals surface area contributed by atoms with Crippen molar-refractivity contribution < 1.29 is 9.90 Å². The van der Waals surface area contributed by atoms with Gasteiger partial charge < -0.3 is 20.4 Å². The lowest BCUT2D eigenvalue weighted by Crippen LogP contribution is -2.28. The maximum Gasteiger partial charge on any atom is 0.337 e. The molecular formula is C20H22N4O2. The fourth-order valence-corrected chi connectivity index (χ4v) is 3.26. The summed E-state index contributed by atoms with van der Waals surface area (Å²) in [6.45, 7) is 4.12. The van der Waals surface area contributed by atoms with Crippen LogP contribution in [0.25, 0.3) is 16.8 Å². The summed E-state index contributed by atoms with van der Waals surface area (Å²) in [7, 11) is 1.56. The summed E-state index contributed by atoms with van der Waals surface area (Å²) in [6, 6.07) is 15.4. The van der Waals surface area contributed by atoms with E-state index in [2.05, 4.69) is 30.5 Å². The molecule has 0 radical (unpaired) electrons. The lowest BCUT2D eigenvalue weighted by atomic mass is 10.00. The van der Waals surface area contributed by atoms with E-state index in [0.29, 0.717) is 11.4 Å². The molecule has 1 aromatic heterocycles. The monoisotopic (exact) mass is 350 g/mol. The van der Waals surface area contributed by atoms with Crippen molar-refractivity contribution in [2.75, 3.05) is 17.8 Å². The quantitative estimate of drug-likeness (QED) is 0.381. The molecule has 6 heteroatoms. The molecule has 0 fully saturated rings. The molecule has 0 aliphatic carbocycles. The lowest BCUT2D eigenvalue weighted by molar-refractivity contribution is 0.0697. The van der Waals surface area contributed by atoms with Crippen molar-refractivity contribution in [2.45, 2.75) is 13.8 Å². The second-order valence-electron chi connectivity index (χ2n) is 6.38. The number of anilines is 2. The highest BCUT2D eigenvalue weighted by atomic mass is 16.4. The van der Waals surface area contributed by atoms with Gasteiger partial charge in [0.1, 0.15) is 0 Å². The maximum absolute atomic E-state index is 11.6. The van der Waals surface area contributed by atoms with Gasteiger partial charge in [-0.25, -0.2) is 10.6 Å². The van der Waals surface area contributed by atoms with Gasteiger partial charge in [0, 0.05) is 24.1 Å². The number of rotatable bonds is 4. The van der Waals surface area contributed by atoms with Gasteiger partial charge in [-0.15, -0.1) is 0 Å². The fourth-order valence-electron chi connectivity index (χ4n) is 3.26. The van der Waals surface area contributed by atoms with E-state index in [4.69, 9.17) is 11.6 Å². The van der Waals surface area contributed by atoms with Gasteiger partial charge in [-0.2, -0.15) is 0 Å². The zero-order chi connectivity index (χ0) is 19.0. The summed E-state index contributed by atoms with van der Waals surface area (Å²) in [4.78, 5) is 11.6. The average Bonchev–Trinajstić information content (AvgIpc) is 2.92. The number of carboxylic acids is 1. The number of nitrogens with zero attached hydrogens (tertiary/aromatic N) is 2. The third kappa shape index (κ3) is 3.02. The summed E-state index contributed by atoms with van der Waals surface area (Å²) in [5, 5.41) is 10.7. The standard InChI is InChI=1S/C20H22N4O2/c1-12-4-5-13(2)24(12)16-8-6-14(7-9-16)15-10-17(20(25)26)19(23(3)22)18(21)11-15/h4-11H,21-22H2,1-3H3,(H,25,26). The number of hydrogen-bond acceptors (Lipinski definition) is 4. The molecule has 134 valence electrons. The van der Waals surface area contributed by atoms with E-state index >= 15 is 0 Å². The molecule has 26 heavy (non-hydrogen) atoms. The zero-order valence-electron chi connectivity index (χ0n) is 15.0. The Morgan fingerprint density at radius 1 is 1.00 bits per heavy atom. The summed E-state index contributed by atoms with van der Waals surface area (Å²) in [5.41, 5.74) is 11.7. The number of hydrogen-bond donors (Lipinski definition) is 3. The number of nitrogen functional groups attached to an aromatic ring is 1. The Hall–Kier alpha value is -3.25. The van der Waals surface area contributed by atoms with Crippen molar-refractivity contribution >= 4 is 17.3 Å². The smallest absolute Gasteiger partial charge is 0.337 e. The molecule has 3 aromatic rings. The molecular weight excluding hydrogens is 328 g/mol. The number of aromatic carboxylic acids is 1. The first-order valence-electron chi connectivity index (χ1n) is 8.20. The van der Waals surface area contributed by atoms with Crippen LogP contribution in [0.4, 0.5) is 11.4 Å². The van der Waals surface area contributed by atoms with Gasteiger partial charge in [0.2, 0.25) is 0 Å². The van der Waals surface area contributed by atoms with Crippen LogP contribution in [0.15, 0.2) is 48.5 Å². The van der Waals surface area contributed by atoms with Crippen LogP contribution in [0, 0.1) is 13.8 Å². The van der Waals surface area contributed by atoms with Crippen LogP contribution in [-0.4, -0.2) is 22.7 Å². The van der Waals surface area contributed by atoms with Crippen LogP contribution >= 0.6 is 0 Å². The summed E-state index contributed by atoms with van der Waals surface area (Å²) < 4.78 is 2.16. The van der Waals surface area contributed by atoms with Crippen molar-refractivity contribution in [3.63, 3.8) is 0 Å². The average molecular weight is 350 g/mol. The minimum absolute atomic E-state index is 0.0752. The highest BCUT2D eigenvalue weighted by Crippen LogP contribution is 2.33. The summed E-state index contributed by atoms with van der Waals surface area (Å²) >= 11 is 0. The normalized spacial score (nSPS) is 10.8. The van der Waals surface area contributed by atoms with Gasteiger partial charge in [-0.3, -0.25) is 0 Å². The number of hydrazine groups is 1. The predicted octanol–water partition coefficient (Wildman–Crippen LogP) is 3.35. The Labute approximate surface area is 152 Å². The first-order chi connectivity index (χ1) is 12.3. The molecule has 2 aromatic carbocycles. The van der Waals surface area contributed by atoms with Gasteiger partial charge in [0.05, 0.1) is 16.9 Å². The molecule has 1 heterocycles. The Morgan fingerprint density at radius 2 is 1.58 bits per heavy atom. The molecule has 0 amide bonds. The van der Waals surface area contributed by atoms with Gasteiger partial charge in [-0.05, 0) is 61.4 Å². The van der Waals surface area contributed by atoms with E-state index in [0.717, 1.165) is 28.2 Å². The molecule has 0 bridgehead atoms. The van der Waals surface area contributed by atoms with E-state index < -0.39 is 5.97 Å². The number of benzene rings is 2. The van der Waals surface area contributed by atoms with Crippen LogP contribution in [0.5, 0.6) is 0 Å². The third-order valence-electron chi connectivity index (χ3n) is 4.45. The summed E-state index contributed by atoms with van der Waals surface area (Å²) in [6.07, 6.45) is 0. The Morgan fingerprint density at radius 3 is 2.08 bits per heavy atom. The highest BCUT2D eigenvalue weighted by Gasteiger charge is 2.17. The molecule has 0 saturated carbocycles. The Bertz CT molecular complexity index is 953. The summed E-state index contributed by atoms with van der Waals surface area (Å²) in [5.74, 6) is 4.66. The zero-order valence-corrected chi connectivity index (χ0v) is 15.0. The molecule has 0 saturated heterocycles. The van der Waals surface area contributed by atoms with Crippen molar-refractivity contribution in [2.24, 2.45) is 5.84 Å². The van der Waals surface area contributed by atoms with Gasteiger partial charge in [-0.1, -0.05) is 12.1 Å². The molecule has 0 aliphatic heterocycles. The molecule has 3 rings (SSSR count). The SMILES string of the molecule is Cc1ccc(C)n1-c1ccc(-c2cc(N)c(N(C)N)c(C(=O)O)c2)cc1. The number of nitrogens with two attached hydrogens (primary N) is 2. The first kappa shape index (κ1) is 17.6. The van der Waals surface area contributed by atoms with Crippen LogP contribution < -0.4 is 16.6 Å². The van der Waals surface area contributed by atoms with E-state index in [-0.39, 0.29) is 5.56 Å². The van der Waals surface area contributed by atoms with Crippen molar-refractivity contribution in [1.82, 2.24) is 4.57 Å². The molecule has 0 aliphatic rings. The largest absolute Gasteiger partial charge is 0.478 e. The topological polar surface area (TPSA) is 97.5 Å². The van der Waals surface area contributed by atoms with E-state index in [1.165, 1.54) is 5.01 Å². The molecule has 0 spiro atoms. The molecule has 0 unspecified atom stereocenters. The molecule has 6 nitrogen and oxygen atoms in total. The predicted molar refractivity (Wildman–Crippen MR) is 105 cm³/mol. The second-order valence-corrected chi connectivity index (χ2v) is 6.38.